The molecule has 1 heterocycles. The molecule has 16 heavy (non-hydrogen) atoms. The minimum atomic E-state index is 0.255. The molecule has 0 amide bonds. The molecule has 0 bridgehead atoms. The average molecular weight is 219 g/mol. The highest BCUT2D eigenvalue weighted by Crippen LogP contribution is 2.18. The standard InChI is InChI=1S/C14H21NO/c1-11(2)16-14-5-3-12(4-6-14)9-13-7-8-15-10-13/h3-6,11,13,15H,7-10H2,1-2H3/t13-/m1/s1. The first-order valence-corrected chi connectivity index (χ1v) is 6.20. The third-order valence-corrected chi connectivity index (χ3v) is 2.98. The van der Waals surface area contributed by atoms with Crippen LogP contribution in [0.4, 0.5) is 0 Å². The molecule has 1 aromatic rings. The van der Waals surface area contributed by atoms with Crippen molar-refractivity contribution >= 4 is 0 Å². The molecule has 0 spiro atoms. The summed E-state index contributed by atoms with van der Waals surface area (Å²) in [6.07, 6.45) is 2.75. The maximum Gasteiger partial charge on any atom is 0.119 e. The molecule has 2 rings (SSSR count). The molecular weight excluding hydrogens is 198 g/mol. The summed E-state index contributed by atoms with van der Waals surface area (Å²) in [5.41, 5.74) is 1.42. The maximum absolute atomic E-state index is 5.63. The molecule has 1 aromatic carbocycles. The molecule has 2 heteroatoms. The average Bonchev–Trinajstić information content (AvgIpc) is 2.73. The zero-order chi connectivity index (χ0) is 11.4. The highest BCUT2D eigenvalue weighted by molar-refractivity contribution is 5.27. The number of ether oxygens (including phenoxy) is 1. The van der Waals surface area contributed by atoms with Gasteiger partial charge < -0.3 is 10.1 Å². The monoisotopic (exact) mass is 219 g/mol. The molecule has 1 fully saturated rings. The summed E-state index contributed by atoms with van der Waals surface area (Å²) < 4.78 is 5.63. The predicted molar refractivity (Wildman–Crippen MR) is 66.9 cm³/mol. The van der Waals surface area contributed by atoms with Gasteiger partial charge in [-0.3, -0.25) is 0 Å². The largest absolute Gasteiger partial charge is 0.491 e. The van der Waals surface area contributed by atoms with Gasteiger partial charge >= 0.3 is 0 Å². The molecule has 1 aliphatic heterocycles. The van der Waals surface area contributed by atoms with Gasteiger partial charge in [0.2, 0.25) is 0 Å². The van der Waals surface area contributed by atoms with Gasteiger partial charge in [0.25, 0.3) is 0 Å². The normalized spacial score (nSPS) is 20.3. The Morgan fingerprint density at radius 1 is 1.31 bits per heavy atom. The molecule has 1 aliphatic rings. The van der Waals surface area contributed by atoms with Gasteiger partial charge in [-0.2, -0.15) is 0 Å². The lowest BCUT2D eigenvalue weighted by molar-refractivity contribution is 0.242. The van der Waals surface area contributed by atoms with Crippen molar-refractivity contribution in [2.75, 3.05) is 13.1 Å². The van der Waals surface area contributed by atoms with Crippen LogP contribution in [0.1, 0.15) is 25.8 Å². The van der Waals surface area contributed by atoms with Crippen LogP contribution in [0.25, 0.3) is 0 Å². The van der Waals surface area contributed by atoms with Gasteiger partial charge in [-0.05, 0) is 63.4 Å². The van der Waals surface area contributed by atoms with Crippen molar-refractivity contribution in [1.82, 2.24) is 5.32 Å². The molecular formula is C14H21NO. The summed E-state index contributed by atoms with van der Waals surface area (Å²) in [6, 6.07) is 8.54. The number of benzene rings is 1. The summed E-state index contributed by atoms with van der Waals surface area (Å²) >= 11 is 0. The topological polar surface area (TPSA) is 21.3 Å². The van der Waals surface area contributed by atoms with Crippen LogP contribution in [0.5, 0.6) is 5.75 Å². The third kappa shape index (κ3) is 3.24. The molecule has 0 saturated carbocycles. The molecule has 1 saturated heterocycles. The van der Waals surface area contributed by atoms with Crippen LogP contribution in [-0.2, 0) is 6.42 Å². The van der Waals surface area contributed by atoms with Crippen molar-refractivity contribution in [3.8, 4) is 5.75 Å². The minimum Gasteiger partial charge on any atom is -0.491 e. The summed E-state index contributed by atoms with van der Waals surface area (Å²) in [4.78, 5) is 0. The van der Waals surface area contributed by atoms with Crippen LogP contribution in [0.2, 0.25) is 0 Å². The van der Waals surface area contributed by atoms with E-state index in [-0.39, 0.29) is 6.10 Å². The van der Waals surface area contributed by atoms with E-state index in [9.17, 15) is 0 Å². The molecule has 2 nitrogen and oxygen atoms in total. The highest BCUT2D eigenvalue weighted by Gasteiger charge is 2.14. The van der Waals surface area contributed by atoms with Gasteiger partial charge in [-0.1, -0.05) is 12.1 Å². The number of rotatable bonds is 4. The Morgan fingerprint density at radius 3 is 2.62 bits per heavy atom. The zero-order valence-electron chi connectivity index (χ0n) is 10.2. The van der Waals surface area contributed by atoms with Crippen LogP contribution in [0.15, 0.2) is 24.3 Å². The van der Waals surface area contributed by atoms with Gasteiger partial charge in [0, 0.05) is 0 Å². The van der Waals surface area contributed by atoms with Crippen LogP contribution < -0.4 is 10.1 Å². The van der Waals surface area contributed by atoms with E-state index < -0.39 is 0 Å². The van der Waals surface area contributed by atoms with Crippen LogP contribution in [0, 0.1) is 5.92 Å². The quantitative estimate of drug-likeness (QED) is 0.840. The maximum atomic E-state index is 5.63. The van der Waals surface area contributed by atoms with E-state index in [0.29, 0.717) is 0 Å². The van der Waals surface area contributed by atoms with Gasteiger partial charge in [-0.25, -0.2) is 0 Å². The fourth-order valence-electron chi connectivity index (χ4n) is 2.20. The van der Waals surface area contributed by atoms with Crippen molar-refractivity contribution in [2.45, 2.75) is 32.8 Å². The first-order valence-electron chi connectivity index (χ1n) is 6.20. The van der Waals surface area contributed by atoms with Gasteiger partial charge in [0.15, 0.2) is 0 Å². The first kappa shape index (κ1) is 11.5. The van der Waals surface area contributed by atoms with Crippen molar-refractivity contribution in [3.05, 3.63) is 29.8 Å². The second-order valence-electron chi connectivity index (χ2n) is 4.87. The Balaban J connectivity index is 1.90. The SMILES string of the molecule is CC(C)Oc1ccc(C[C@H]2CCNC2)cc1. The van der Waals surface area contributed by atoms with E-state index in [4.69, 9.17) is 4.74 Å². The van der Waals surface area contributed by atoms with Crippen LogP contribution in [-0.4, -0.2) is 19.2 Å². The third-order valence-electron chi connectivity index (χ3n) is 2.98. The predicted octanol–water partition coefficient (Wildman–Crippen LogP) is 2.63. The zero-order valence-corrected chi connectivity index (χ0v) is 10.2. The molecule has 1 N–H and O–H groups in total. The Hall–Kier alpha value is -1.02. The van der Waals surface area contributed by atoms with Gasteiger partial charge in [-0.15, -0.1) is 0 Å². The summed E-state index contributed by atoms with van der Waals surface area (Å²) in [6.45, 7) is 6.46. The lowest BCUT2D eigenvalue weighted by Crippen LogP contribution is -2.10. The van der Waals surface area contributed by atoms with Crippen LogP contribution in [0.3, 0.4) is 0 Å². The Morgan fingerprint density at radius 2 is 2.06 bits per heavy atom. The first-order chi connectivity index (χ1) is 7.74. The second-order valence-corrected chi connectivity index (χ2v) is 4.87. The lowest BCUT2D eigenvalue weighted by Gasteiger charge is -2.11. The Kier molecular flexibility index (Phi) is 3.83. The highest BCUT2D eigenvalue weighted by atomic mass is 16.5. The molecule has 0 aromatic heterocycles. The van der Waals surface area contributed by atoms with E-state index in [1.807, 2.05) is 0 Å². The Labute approximate surface area is 98.0 Å². The molecule has 0 radical (unpaired) electrons. The minimum absolute atomic E-state index is 0.255. The van der Waals surface area contributed by atoms with Crippen molar-refractivity contribution in [1.29, 1.82) is 0 Å². The van der Waals surface area contributed by atoms with Crippen molar-refractivity contribution < 1.29 is 4.74 Å². The summed E-state index contributed by atoms with van der Waals surface area (Å²) in [7, 11) is 0. The Bertz CT molecular complexity index is 312. The molecule has 1 atom stereocenters. The second kappa shape index (κ2) is 5.35. The van der Waals surface area contributed by atoms with E-state index in [2.05, 4.69) is 43.4 Å². The number of hydrogen-bond acceptors (Lipinski definition) is 2. The van der Waals surface area contributed by atoms with Crippen LogP contribution >= 0.6 is 0 Å². The molecule has 88 valence electrons. The van der Waals surface area contributed by atoms with E-state index in [1.54, 1.807) is 0 Å². The summed E-state index contributed by atoms with van der Waals surface area (Å²) in [5, 5.41) is 3.41. The van der Waals surface area contributed by atoms with Gasteiger partial charge in [0.05, 0.1) is 6.10 Å². The number of nitrogens with one attached hydrogen (secondary N) is 1. The van der Waals surface area contributed by atoms with E-state index >= 15 is 0 Å². The van der Waals surface area contributed by atoms with Crippen molar-refractivity contribution in [3.63, 3.8) is 0 Å². The lowest BCUT2D eigenvalue weighted by atomic mass is 9.99. The molecule has 0 aliphatic carbocycles. The van der Waals surface area contributed by atoms with E-state index in [0.717, 1.165) is 11.7 Å². The summed E-state index contributed by atoms with van der Waals surface area (Å²) in [5.74, 6) is 1.79. The van der Waals surface area contributed by atoms with Crippen molar-refractivity contribution in [2.24, 2.45) is 5.92 Å². The smallest absolute Gasteiger partial charge is 0.119 e. The fraction of sp³-hybridized carbons (Fsp3) is 0.571. The molecule has 0 unspecified atom stereocenters. The van der Waals surface area contributed by atoms with E-state index in [1.165, 1.54) is 31.5 Å². The fourth-order valence-corrected chi connectivity index (χ4v) is 2.20. The van der Waals surface area contributed by atoms with Gasteiger partial charge in [0.1, 0.15) is 5.75 Å². The number of hydrogen-bond donors (Lipinski definition) is 1.